The normalized spacial score (nSPS) is 15.6. The van der Waals surface area contributed by atoms with Crippen molar-refractivity contribution in [2.75, 3.05) is 38.2 Å². The summed E-state index contributed by atoms with van der Waals surface area (Å²) in [5.74, 6) is 1.35. The minimum atomic E-state index is 0.290. The van der Waals surface area contributed by atoms with E-state index in [-0.39, 0.29) is 0 Å². The molecule has 0 amide bonds. The molecule has 1 unspecified atom stereocenters. The SMILES string of the molecule is CCOC(CCNC(=NC)NCc1ccc(N2CC=CC2)cc1)C(C)C. The average Bonchev–Trinajstić information content (AvgIpc) is 3.18. The maximum atomic E-state index is 5.79. The van der Waals surface area contributed by atoms with Crippen molar-refractivity contribution in [2.45, 2.75) is 39.8 Å². The van der Waals surface area contributed by atoms with Gasteiger partial charge in [0.15, 0.2) is 5.96 Å². The van der Waals surface area contributed by atoms with Crippen LogP contribution in [0.3, 0.4) is 0 Å². The van der Waals surface area contributed by atoms with Gasteiger partial charge >= 0.3 is 0 Å². The van der Waals surface area contributed by atoms with E-state index in [9.17, 15) is 0 Å². The van der Waals surface area contributed by atoms with Gasteiger partial charge in [0.05, 0.1) is 6.10 Å². The van der Waals surface area contributed by atoms with Gasteiger partial charge in [-0.05, 0) is 37.0 Å². The van der Waals surface area contributed by atoms with Gasteiger partial charge in [-0.15, -0.1) is 0 Å². The Bertz CT molecular complexity index is 572. The quantitative estimate of drug-likeness (QED) is 0.404. The van der Waals surface area contributed by atoms with Crippen LogP contribution in [0.15, 0.2) is 41.4 Å². The lowest BCUT2D eigenvalue weighted by molar-refractivity contribution is 0.0258. The summed E-state index contributed by atoms with van der Waals surface area (Å²) in [6.07, 6.45) is 5.68. The summed E-state index contributed by atoms with van der Waals surface area (Å²) in [4.78, 5) is 6.66. The fourth-order valence-corrected chi connectivity index (χ4v) is 3.08. The molecule has 0 aromatic heterocycles. The highest BCUT2D eigenvalue weighted by molar-refractivity contribution is 5.79. The Hall–Kier alpha value is -2.01. The van der Waals surface area contributed by atoms with E-state index < -0.39 is 0 Å². The van der Waals surface area contributed by atoms with Gasteiger partial charge in [-0.2, -0.15) is 0 Å². The minimum absolute atomic E-state index is 0.290. The summed E-state index contributed by atoms with van der Waals surface area (Å²) in [5, 5.41) is 6.76. The van der Waals surface area contributed by atoms with Crippen LogP contribution in [0.4, 0.5) is 5.69 Å². The molecule has 2 N–H and O–H groups in total. The molecule has 1 atom stereocenters. The van der Waals surface area contributed by atoms with Gasteiger partial charge in [0.1, 0.15) is 0 Å². The van der Waals surface area contributed by atoms with E-state index in [1.165, 1.54) is 11.3 Å². The zero-order valence-electron chi connectivity index (χ0n) is 16.7. The average molecular weight is 359 g/mol. The molecular formula is C21H34N4O. The Labute approximate surface area is 158 Å². The first-order valence-corrected chi connectivity index (χ1v) is 9.69. The number of nitrogens with zero attached hydrogens (tertiary/aromatic N) is 2. The molecule has 0 radical (unpaired) electrons. The first-order chi connectivity index (χ1) is 12.6. The lowest BCUT2D eigenvalue weighted by Gasteiger charge is -2.21. The van der Waals surface area contributed by atoms with Crippen LogP contribution in [-0.2, 0) is 11.3 Å². The van der Waals surface area contributed by atoms with Gasteiger partial charge in [-0.1, -0.05) is 38.1 Å². The number of hydrogen-bond acceptors (Lipinski definition) is 3. The molecule has 0 saturated carbocycles. The number of aliphatic imine (C=N–C) groups is 1. The standard InChI is InChI=1S/C21H34N4O/c1-5-26-20(17(2)3)12-13-23-21(22-4)24-16-18-8-10-19(11-9-18)25-14-6-7-15-25/h6-11,17,20H,5,12-16H2,1-4H3,(H2,22,23,24). The number of hydrogen-bond donors (Lipinski definition) is 2. The van der Waals surface area contributed by atoms with E-state index in [1.807, 2.05) is 0 Å². The zero-order chi connectivity index (χ0) is 18.8. The Morgan fingerprint density at radius 3 is 2.42 bits per heavy atom. The van der Waals surface area contributed by atoms with Crippen molar-refractivity contribution in [2.24, 2.45) is 10.9 Å². The minimum Gasteiger partial charge on any atom is -0.378 e. The van der Waals surface area contributed by atoms with Gasteiger partial charge in [0, 0.05) is 45.5 Å². The molecule has 1 heterocycles. The van der Waals surface area contributed by atoms with Crippen molar-refractivity contribution in [3.05, 3.63) is 42.0 Å². The Kier molecular flexibility index (Phi) is 8.48. The number of nitrogens with one attached hydrogen (secondary N) is 2. The monoisotopic (exact) mass is 358 g/mol. The summed E-state index contributed by atoms with van der Waals surface area (Å²) >= 11 is 0. The fourth-order valence-electron chi connectivity index (χ4n) is 3.08. The largest absolute Gasteiger partial charge is 0.378 e. The van der Waals surface area contributed by atoms with Crippen molar-refractivity contribution in [3.63, 3.8) is 0 Å². The van der Waals surface area contributed by atoms with Crippen LogP contribution in [0.2, 0.25) is 0 Å². The maximum Gasteiger partial charge on any atom is 0.191 e. The van der Waals surface area contributed by atoms with Crippen LogP contribution in [0, 0.1) is 5.92 Å². The first kappa shape index (κ1) is 20.3. The molecule has 1 aromatic carbocycles. The van der Waals surface area contributed by atoms with E-state index in [2.05, 4.69) is 77.7 Å². The molecule has 5 nitrogen and oxygen atoms in total. The Balaban J connectivity index is 1.74. The molecule has 0 spiro atoms. The number of guanidine groups is 1. The van der Waals surface area contributed by atoms with Gasteiger partial charge in [-0.3, -0.25) is 4.99 Å². The summed E-state index contributed by atoms with van der Waals surface area (Å²) in [6.45, 7) is 10.8. The van der Waals surface area contributed by atoms with Crippen molar-refractivity contribution in [1.29, 1.82) is 0 Å². The summed E-state index contributed by atoms with van der Waals surface area (Å²) < 4.78 is 5.79. The smallest absolute Gasteiger partial charge is 0.191 e. The topological polar surface area (TPSA) is 48.9 Å². The maximum absolute atomic E-state index is 5.79. The molecule has 26 heavy (non-hydrogen) atoms. The van der Waals surface area contributed by atoms with Crippen LogP contribution < -0.4 is 15.5 Å². The second-order valence-electron chi connectivity index (χ2n) is 6.92. The van der Waals surface area contributed by atoms with Gasteiger partial charge in [0.2, 0.25) is 0 Å². The van der Waals surface area contributed by atoms with Crippen LogP contribution in [-0.4, -0.2) is 45.4 Å². The molecule has 0 saturated heterocycles. The Morgan fingerprint density at radius 1 is 1.15 bits per heavy atom. The summed E-state index contributed by atoms with van der Waals surface area (Å²) in [6, 6.07) is 8.74. The molecule has 1 aliphatic heterocycles. The van der Waals surface area contributed by atoms with Crippen molar-refractivity contribution in [1.82, 2.24) is 10.6 Å². The predicted molar refractivity (Wildman–Crippen MR) is 111 cm³/mol. The fraction of sp³-hybridized carbons (Fsp3) is 0.571. The van der Waals surface area contributed by atoms with Crippen LogP contribution in [0.1, 0.15) is 32.8 Å². The number of anilines is 1. The van der Waals surface area contributed by atoms with E-state index in [0.29, 0.717) is 12.0 Å². The molecule has 2 rings (SSSR count). The molecule has 0 fully saturated rings. The highest BCUT2D eigenvalue weighted by Gasteiger charge is 2.13. The first-order valence-electron chi connectivity index (χ1n) is 9.69. The van der Waals surface area contributed by atoms with E-state index in [1.54, 1.807) is 7.05 Å². The van der Waals surface area contributed by atoms with Crippen LogP contribution in [0.5, 0.6) is 0 Å². The van der Waals surface area contributed by atoms with Crippen molar-refractivity contribution in [3.8, 4) is 0 Å². The molecule has 0 bridgehead atoms. The second-order valence-corrected chi connectivity index (χ2v) is 6.92. The molecular weight excluding hydrogens is 324 g/mol. The Morgan fingerprint density at radius 2 is 1.85 bits per heavy atom. The zero-order valence-corrected chi connectivity index (χ0v) is 16.7. The molecule has 1 aromatic rings. The molecule has 0 aliphatic carbocycles. The van der Waals surface area contributed by atoms with Crippen molar-refractivity contribution >= 4 is 11.6 Å². The highest BCUT2D eigenvalue weighted by atomic mass is 16.5. The van der Waals surface area contributed by atoms with Gasteiger partial charge in [0.25, 0.3) is 0 Å². The highest BCUT2D eigenvalue weighted by Crippen LogP contribution is 2.17. The summed E-state index contributed by atoms with van der Waals surface area (Å²) in [5.41, 5.74) is 2.52. The van der Waals surface area contributed by atoms with E-state index in [0.717, 1.165) is 45.2 Å². The molecule has 5 heteroatoms. The second kappa shape index (κ2) is 10.9. The van der Waals surface area contributed by atoms with Crippen molar-refractivity contribution < 1.29 is 4.74 Å². The third kappa shape index (κ3) is 6.37. The third-order valence-corrected chi connectivity index (χ3v) is 4.65. The number of benzene rings is 1. The van der Waals surface area contributed by atoms with Crippen LogP contribution >= 0.6 is 0 Å². The van der Waals surface area contributed by atoms with E-state index in [4.69, 9.17) is 4.74 Å². The van der Waals surface area contributed by atoms with Crippen LogP contribution in [0.25, 0.3) is 0 Å². The lowest BCUT2D eigenvalue weighted by Crippen LogP contribution is -2.38. The molecule has 1 aliphatic rings. The van der Waals surface area contributed by atoms with E-state index >= 15 is 0 Å². The van der Waals surface area contributed by atoms with Gasteiger partial charge < -0.3 is 20.3 Å². The lowest BCUT2D eigenvalue weighted by atomic mass is 10.0. The molecule has 144 valence electrons. The predicted octanol–water partition coefficient (Wildman–Crippen LogP) is 3.18. The third-order valence-electron chi connectivity index (χ3n) is 4.65. The van der Waals surface area contributed by atoms with Gasteiger partial charge in [-0.25, -0.2) is 0 Å². The number of ether oxygens (including phenoxy) is 1. The summed E-state index contributed by atoms with van der Waals surface area (Å²) in [7, 11) is 1.81. The number of rotatable bonds is 9.